The van der Waals surface area contributed by atoms with Crippen LogP contribution in [0.5, 0.6) is 0 Å². The van der Waals surface area contributed by atoms with E-state index in [9.17, 15) is 5.26 Å². The number of hydrogen-bond donors (Lipinski definition) is 1. The molecule has 1 aromatic heterocycles. The third-order valence-corrected chi connectivity index (χ3v) is 3.73. The normalized spacial score (nSPS) is 10.6. The Bertz CT molecular complexity index is 817. The van der Waals surface area contributed by atoms with Crippen LogP contribution in [0.1, 0.15) is 17.0 Å². The molecule has 0 spiro atoms. The molecule has 0 unspecified atom stereocenters. The van der Waals surface area contributed by atoms with Crippen LogP contribution in [-0.2, 0) is 6.54 Å². The van der Waals surface area contributed by atoms with Gasteiger partial charge < -0.3 is 10.3 Å². The van der Waals surface area contributed by atoms with E-state index >= 15 is 0 Å². The van der Waals surface area contributed by atoms with E-state index in [1.54, 1.807) is 6.07 Å². The number of hydrogen-bond acceptors (Lipinski definition) is 2. The first-order chi connectivity index (χ1) is 9.70. The Morgan fingerprint density at radius 2 is 1.90 bits per heavy atom. The molecule has 1 heterocycles. The second-order valence-corrected chi connectivity index (χ2v) is 4.91. The van der Waals surface area contributed by atoms with Crippen LogP contribution in [0.15, 0.2) is 48.5 Å². The number of nitrogens with two attached hydrogens (primary N) is 1. The molecule has 20 heavy (non-hydrogen) atoms. The molecule has 3 rings (SSSR count). The monoisotopic (exact) mass is 261 g/mol. The molecule has 0 radical (unpaired) electrons. The van der Waals surface area contributed by atoms with Gasteiger partial charge in [0.25, 0.3) is 0 Å². The van der Waals surface area contributed by atoms with Gasteiger partial charge in [0.05, 0.1) is 5.69 Å². The summed E-state index contributed by atoms with van der Waals surface area (Å²) in [5.74, 6) is 0. The molecule has 2 N–H and O–H groups in total. The molecule has 0 fully saturated rings. The third kappa shape index (κ3) is 1.92. The van der Waals surface area contributed by atoms with E-state index in [0.717, 1.165) is 5.69 Å². The van der Waals surface area contributed by atoms with Gasteiger partial charge in [-0.2, -0.15) is 5.26 Å². The largest absolute Gasteiger partial charge is 0.397 e. The summed E-state index contributed by atoms with van der Waals surface area (Å²) in [7, 11) is 0. The summed E-state index contributed by atoms with van der Waals surface area (Å²) in [6.45, 7) is 2.61. The quantitative estimate of drug-likeness (QED) is 0.768. The second-order valence-electron chi connectivity index (χ2n) is 4.91. The van der Waals surface area contributed by atoms with Crippen molar-refractivity contribution >= 4 is 16.5 Å². The lowest BCUT2D eigenvalue weighted by Gasteiger charge is -2.11. The van der Waals surface area contributed by atoms with Gasteiger partial charge in [0.15, 0.2) is 0 Å². The Morgan fingerprint density at radius 3 is 2.70 bits per heavy atom. The van der Waals surface area contributed by atoms with Crippen LogP contribution in [0, 0.1) is 18.3 Å². The van der Waals surface area contributed by atoms with Crippen molar-refractivity contribution in [3.8, 4) is 6.07 Å². The molecule has 0 saturated carbocycles. The maximum atomic E-state index is 9.22. The minimum absolute atomic E-state index is 0.605. The third-order valence-electron chi connectivity index (χ3n) is 3.73. The van der Waals surface area contributed by atoms with Crippen molar-refractivity contribution in [2.24, 2.45) is 0 Å². The predicted octanol–water partition coefficient (Wildman–Crippen LogP) is 3.45. The molecule has 0 bridgehead atoms. The average molecular weight is 261 g/mol. The maximum Gasteiger partial charge on any atom is 0.122 e. The Hall–Kier alpha value is -2.73. The number of aromatic nitrogens is 1. The minimum atomic E-state index is 0.605. The van der Waals surface area contributed by atoms with Gasteiger partial charge in [-0.3, -0.25) is 0 Å². The summed E-state index contributed by atoms with van der Waals surface area (Å²) < 4.78 is 1.97. The highest BCUT2D eigenvalue weighted by Gasteiger charge is 2.10. The van der Waals surface area contributed by atoms with Crippen LogP contribution in [0.2, 0.25) is 0 Å². The van der Waals surface area contributed by atoms with Crippen molar-refractivity contribution in [1.82, 2.24) is 4.57 Å². The molecule has 0 aliphatic carbocycles. The summed E-state index contributed by atoms with van der Waals surface area (Å²) in [5.41, 5.74) is 9.32. The standard InChI is InChI=1S/C17H15N3/c1-12-17(19)9-15(10-18)20(12)11-14-7-4-6-13-5-2-3-8-16(13)14/h2-9H,11,19H2,1H3. The van der Waals surface area contributed by atoms with Crippen molar-refractivity contribution in [3.63, 3.8) is 0 Å². The number of anilines is 1. The summed E-state index contributed by atoms with van der Waals surface area (Å²) in [6.07, 6.45) is 0. The van der Waals surface area contributed by atoms with Gasteiger partial charge in [0, 0.05) is 12.2 Å². The van der Waals surface area contributed by atoms with Gasteiger partial charge in [-0.05, 0) is 29.3 Å². The zero-order valence-corrected chi connectivity index (χ0v) is 11.3. The average Bonchev–Trinajstić information content (AvgIpc) is 2.75. The highest BCUT2D eigenvalue weighted by molar-refractivity contribution is 5.85. The van der Waals surface area contributed by atoms with Crippen molar-refractivity contribution in [2.45, 2.75) is 13.5 Å². The smallest absolute Gasteiger partial charge is 0.122 e. The van der Waals surface area contributed by atoms with E-state index in [1.807, 2.05) is 29.7 Å². The molecule has 2 aromatic carbocycles. The first kappa shape index (κ1) is 12.3. The molecule has 98 valence electrons. The highest BCUT2D eigenvalue weighted by atomic mass is 15.0. The summed E-state index contributed by atoms with van der Waals surface area (Å²) in [6, 6.07) is 18.5. The predicted molar refractivity (Wildman–Crippen MR) is 81.3 cm³/mol. The van der Waals surface area contributed by atoms with Crippen molar-refractivity contribution in [3.05, 3.63) is 65.5 Å². The maximum absolute atomic E-state index is 9.22. The van der Waals surface area contributed by atoms with Crippen LogP contribution in [0.3, 0.4) is 0 Å². The fourth-order valence-corrected chi connectivity index (χ4v) is 2.56. The van der Waals surface area contributed by atoms with E-state index in [2.05, 4.69) is 30.3 Å². The molecule has 3 heteroatoms. The second kappa shape index (κ2) is 4.75. The molecular weight excluding hydrogens is 246 g/mol. The highest BCUT2D eigenvalue weighted by Crippen LogP contribution is 2.23. The summed E-state index contributed by atoms with van der Waals surface area (Å²) in [4.78, 5) is 0. The van der Waals surface area contributed by atoms with Gasteiger partial charge in [0.2, 0.25) is 0 Å². The first-order valence-corrected chi connectivity index (χ1v) is 6.53. The number of benzene rings is 2. The molecular formula is C17H15N3. The SMILES string of the molecule is Cc1c(N)cc(C#N)n1Cc1cccc2ccccc12. The van der Waals surface area contributed by atoms with Crippen LogP contribution in [0.25, 0.3) is 10.8 Å². The van der Waals surface area contributed by atoms with Crippen LogP contribution >= 0.6 is 0 Å². The number of nitrogens with zero attached hydrogens (tertiary/aromatic N) is 2. The molecule has 0 atom stereocenters. The van der Waals surface area contributed by atoms with Crippen LogP contribution < -0.4 is 5.73 Å². The lowest BCUT2D eigenvalue weighted by atomic mass is 10.0. The summed E-state index contributed by atoms with van der Waals surface area (Å²) in [5, 5.41) is 11.6. The van der Waals surface area contributed by atoms with Crippen LogP contribution in [0.4, 0.5) is 5.69 Å². The van der Waals surface area contributed by atoms with E-state index < -0.39 is 0 Å². The van der Waals surface area contributed by atoms with Gasteiger partial charge in [0.1, 0.15) is 11.8 Å². The molecule has 0 saturated heterocycles. The van der Waals surface area contributed by atoms with E-state index in [-0.39, 0.29) is 0 Å². The fraction of sp³-hybridized carbons (Fsp3) is 0.118. The molecule has 3 aromatic rings. The van der Waals surface area contributed by atoms with Gasteiger partial charge in [-0.15, -0.1) is 0 Å². The molecule has 0 aliphatic heterocycles. The Kier molecular flexibility index (Phi) is 2.92. The lowest BCUT2D eigenvalue weighted by Crippen LogP contribution is -2.05. The Labute approximate surface area is 117 Å². The van der Waals surface area contributed by atoms with Gasteiger partial charge >= 0.3 is 0 Å². The Balaban J connectivity index is 2.13. The zero-order chi connectivity index (χ0) is 14.1. The van der Waals surface area contributed by atoms with Gasteiger partial charge in [-0.25, -0.2) is 0 Å². The minimum Gasteiger partial charge on any atom is -0.397 e. The van der Waals surface area contributed by atoms with Crippen molar-refractivity contribution in [2.75, 3.05) is 5.73 Å². The molecule has 0 aliphatic rings. The zero-order valence-electron chi connectivity index (χ0n) is 11.3. The number of nitrogen functional groups attached to an aromatic ring is 1. The van der Waals surface area contributed by atoms with Crippen molar-refractivity contribution < 1.29 is 0 Å². The van der Waals surface area contributed by atoms with E-state index in [0.29, 0.717) is 17.9 Å². The fourth-order valence-electron chi connectivity index (χ4n) is 2.56. The van der Waals surface area contributed by atoms with E-state index in [4.69, 9.17) is 5.73 Å². The van der Waals surface area contributed by atoms with Gasteiger partial charge in [-0.1, -0.05) is 42.5 Å². The number of fused-ring (bicyclic) bond motifs is 1. The summed E-state index contributed by atoms with van der Waals surface area (Å²) >= 11 is 0. The number of rotatable bonds is 2. The van der Waals surface area contributed by atoms with E-state index in [1.165, 1.54) is 16.3 Å². The lowest BCUT2D eigenvalue weighted by molar-refractivity contribution is 0.770. The van der Waals surface area contributed by atoms with Crippen molar-refractivity contribution in [1.29, 1.82) is 5.26 Å². The molecule has 3 nitrogen and oxygen atoms in total. The van der Waals surface area contributed by atoms with Crippen LogP contribution in [-0.4, -0.2) is 4.57 Å². The first-order valence-electron chi connectivity index (χ1n) is 6.53. The Morgan fingerprint density at radius 1 is 1.15 bits per heavy atom. The topological polar surface area (TPSA) is 54.7 Å². The molecule has 0 amide bonds. The number of nitriles is 1.